The molecule has 0 atom stereocenters. The second-order valence-electron chi connectivity index (χ2n) is 5.89. The highest BCUT2D eigenvalue weighted by molar-refractivity contribution is 7.92. The van der Waals surface area contributed by atoms with E-state index in [0.717, 1.165) is 28.8 Å². The molecule has 0 aromatic heterocycles. The second kappa shape index (κ2) is 5.67. The van der Waals surface area contributed by atoms with Crippen LogP contribution in [0.2, 0.25) is 0 Å². The lowest BCUT2D eigenvalue weighted by molar-refractivity contribution is 0.551. The molecule has 1 aliphatic rings. The summed E-state index contributed by atoms with van der Waals surface area (Å²) in [6, 6.07) is 15.6. The Morgan fingerprint density at radius 3 is 2.40 bits per heavy atom. The van der Waals surface area contributed by atoms with Crippen LogP contribution in [0.1, 0.15) is 11.1 Å². The van der Waals surface area contributed by atoms with Crippen molar-refractivity contribution in [2.24, 2.45) is 0 Å². The van der Waals surface area contributed by atoms with E-state index in [4.69, 9.17) is 0 Å². The van der Waals surface area contributed by atoms with Crippen LogP contribution in [0.5, 0.6) is 0 Å². The summed E-state index contributed by atoms with van der Waals surface area (Å²) in [5, 5.41) is 0. The lowest BCUT2D eigenvalue weighted by atomic mass is 10.1. The van der Waals surface area contributed by atoms with Crippen LogP contribution in [0.15, 0.2) is 65.6 Å². The van der Waals surface area contributed by atoms with Gasteiger partial charge >= 0.3 is 0 Å². The van der Waals surface area contributed by atoms with Crippen LogP contribution in [0.25, 0.3) is 11.1 Å². The van der Waals surface area contributed by atoms with Gasteiger partial charge in [0.25, 0.3) is 10.0 Å². The van der Waals surface area contributed by atoms with Gasteiger partial charge in [0, 0.05) is 11.8 Å². The van der Waals surface area contributed by atoms with Crippen LogP contribution in [-0.4, -0.2) is 8.42 Å². The Bertz CT molecular complexity index is 1090. The van der Waals surface area contributed by atoms with Crippen LogP contribution in [0.3, 0.4) is 0 Å². The molecule has 0 saturated heterocycles. The van der Waals surface area contributed by atoms with E-state index in [1.807, 2.05) is 30.3 Å². The summed E-state index contributed by atoms with van der Waals surface area (Å²) in [5.41, 5.74) is 4.72. The Morgan fingerprint density at radius 1 is 0.840 bits per heavy atom. The van der Waals surface area contributed by atoms with Crippen LogP contribution in [0.4, 0.5) is 14.5 Å². The minimum atomic E-state index is -4.14. The average Bonchev–Trinajstić information content (AvgIpc) is 2.91. The molecule has 0 heterocycles. The van der Waals surface area contributed by atoms with E-state index in [0.29, 0.717) is 18.2 Å². The molecule has 6 heteroatoms. The van der Waals surface area contributed by atoms with Gasteiger partial charge in [0.15, 0.2) is 0 Å². The quantitative estimate of drug-likeness (QED) is 0.593. The highest BCUT2D eigenvalue weighted by Gasteiger charge is 2.22. The molecular formula is C19H13F2NO2S. The summed E-state index contributed by atoms with van der Waals surface area (Å²) in [4.78, 5) is -0.585. The predicted octanol–water partition coefficient (Wildman–Crippen LogP) is 4.34. The fourth-order valence-electron chi connectivity index (χ4n) is 3.11. The van der Waals surface area contributed by atoms with Crippen molar-refractivity contribution in [1.29, 1.82) is 0 Å². The van der Waals surface area contributed by atoms with Gasteiger partial charge in [-0.15, -0.1) is 0 Å². The topological polar surface area (TPSA) is 46.2 Å². The summed E-state index contributed by atoms with van der Waals surface area (Å²) in [6.45, 7) is 0. The van der Waals surface area contributed by atoms with E-state index < -0.39 is 26.6 Å². The summed E-state index contributed by atoms with van der Waals surface area (Å²) in [6.07, 6.45) is 0.714. The molecule has 3 aromatic carbocycles. The zero-order valence-electron chi connectivity index (χ0n) is 13.0. The Hall–Kier alpha value is -2.73. The van der Waals surface area contributed by atoms with E-state index in [1.165, 1.54) is 5.56 Å². The summed E-state index contributed by atoms with van der Waals surface area (Å²) in [5.74, 6) is -1.95. The van der Waals surface area contributed by atoms with Gasteiger partial charge in [-0.1, -0.05) is 30.3 Å². The van der Waals surface area contributed by atoms with E-state index in [9.17, 15) is 17.2 Å². The molecule has 3 nitrogen and oxygen atoms in total. The van der Waals surface area contributed by atoms with Crippen LogP contribution >= 0.6 is 0 Å². The fraction of sp³-hybridized carbons (Fsp3) is 0.0526. The zero-order chi connectivity index (χ0) is 17.6. The maximum Gasteiger partial charge on any atom is 0.264 e. The van der Waals surface area contributed by atoms with Crippen molar-refractivity contribution >= 4 is 15.7 Å². The lowest BCUT2D eigenvalue weighted by Crippen LogP contribution is -2.14. The van der Waals surface area contributed by atoms with Gasteiger partial charge in [0.1, 0.15) is 16.5 Å². The SMILES string of the molecule is O=S(=O)(Nc1ccc2c(c1)Cc1ccccc1-2)c1ccc(F)cc1F. The van der Waals surface area contributed by atoms with Crippen molar-refractivity contribution in [3.63, 3.8) is 0 Å². The van der Waals surface area contributed by atoms with Crippen LogP contribution in [-0.2, 0) is 16.4 Å². The standard InChI is InChI=1S/C19H13F2NO2S/c20-14-5-8-19(18(21)11-14)25(23,24)22-15-6-7-17-13(10-15)9-12-3-1-2-4-16(12)17/h1-8,10-11,22H,9H2. The highest BCUT2D eigenvalue weighted by Crippen LogP contribution is 2.37. The average molecular weight is 357 g/mol. The first kappa shape index (κ1) is 15.8. The van der Waals surface area contributed by atoms with Gasteiger partial charge in [-0.2, -0.15) is 0 Å². The number of hydrogen-bond acceptors (Lipinski definition) is 2. The van der Waals surface area contributed by atoms with Gasteiger partial charge in [-0.25, -0.2) is 17.2 Å². The molecule has 0 fully saturated rings. The normalized spacial score (nSPS) is 12.6. The lowest BCUT2D eigenvalue weighted by Gasteiger charge is -2.10. The maximum absolute atomic E-state index is 13.8. The van der Waals surface area contributed by atoms with Gasteiger partial charge < -0.3 is 0 Å². The molecule has 126 valence electrons. The molecule has 0 bridgehead atoms. The predicted molar refractivity (Wildman–Crippen MR) is 91.9 cm³/mol. The molecule has 0 unspecified atom stereocenters. The van der Waals surface area contributed by atoms with E-state index in [1.54, 1.807) is 12.1 Å². The Kier molecular flexibility index (Phi) is 3.58. The third kappa shape index (κ3) is 2.78. The van der Waals surface area contributed by atoms with E-state index in [2.05, 4.69) is 4.72 Å². The minimum Gasteiger partial charge on any atom is -0.280 e. The van der Waals surface area contributed by atoms with Crippen LogP contribution in [0, 0.1) is 11.6 Å². The number of benzene rings is 3. The van der Waals surface area contributed by atoms with Crippen molar-refractivity contribution < 1.29 is 17.2 Å². The van der Waals surface area contributed by atoms with E-state index in [-0.39, 0.29) is 0 Å². The number of sulfonamides is 1. The smallest absolute Gasteiger partial charge is 0.264 e. The first-order valence-electron chi connectivity index (χ1n) is 7.63. The third-order valence-electron chi connectivity index (χ3n) is 4.23. The van der Waals surface area contributed by atoms with Crippen molar-refractivity contribution in [3.8, 4) is 11.1 Å². The van der Waals surface area contributed by atoms with Crippen molar-refractivity contribution in [2.45, 2.75) is 11.3 Å². The summed E-state index contributed by atoms with van der Waals surface area (Å²) in [7, 11) is -4.14. The van der Waals surface area contributed by atoms with Crippen LogP contribution < -0.4 is 4.72 Å². The second-order valence-corrected chi connectivity index (χ2v) is 7.54. The Labute approximate surface area is 144 Å². The number of fused-ring (bicyclic) bond motifs is 3. The number of halogens is 2. The van der Waals surface area contributed by atoms with Crippen molar-refractivity contribution in [1.82, 2.24) is 0 Å². The Morgan fingerprint density at radius 2 is 1.60 bits per heavy atom. The monoisotopic (exact) mass is 357 g/mol. The number of rotatable bonds is 3. The fourth-order valence-corrected chi connectivity index (χ4v) is 4.22. The number of hydrogen-bond donors (Lipinski definition) is 1. The molecule has 0 radical (unpaired) electrons. The molecule has 1 aliphatic carbocycles. The molecule has 0 amide bonds. The highest BCUT2D eigenvalue weighted by atomic mass is 32.2. The summed E-state index contributed by atoms with van der Waals surface area (Å²) < 4.78 is 53.9. The van der Waals surface area contributed by atoms with Gasteiger partial charge in [0.05, 0.1) is 0 Å². The molecule has 3 aromatic rings. The molecule has 0 saturated carbocycles. The van der Waals surface area contributed by atoms with Gasteiger partial charge in [0.2, 0.25) is 0 Å². The summed E-state index contributed by atoms with van der Waals surface area (Å²) >= 11 is 0. The Balaban J connectivity index is 1.67. The minimum absolute atomic E-state index is 0.343. The third-order valence-corrected chi connectivity index (χ3v) is 5.64. The van der Waals surface area contributed by atoms with Gasteiger partial charge in [-0.3, -0.25) is 4.72 Å². The van der Waals surface area contributed by atoms with Crippen molar-refractivity contribution in [2.75, 3.05) is 4.72 Å². The molecule has 25 heavy (non-hydrogen) atoms. The zero-order valence-corrected chi connectivity index (χ0v) is 13.8. The molecule has 0 aliphatic heterocycles. The number of anilines is 1. The van der Waals surface area contributed by atoms with Crippen molar-refractivity contribution in [3.05, 3.63) is 83.4 Å². The molecule has 1 N–H and O–H groups in total. The molecular weight excluding hydrogens is 344 g/mol. The molecule has 0 spiro atoms. The largest absolute Gasteiger partial charge is 0.280 e. The first-order chi connectivity index (χ1) is 11.9. The maximum atomic E-state index is 13.8. The number of nitrogens with one attached hydrogen (secondary N) is 1. The first-order valence-corrected chi connectivity index (χ1v) is 9.11. The molecule has 4 rings (SSSR count). The van der Waals surface area contributed by atoms with E-state index >= 15 is 0 Å². The van der Waals surface area contributed by atoms with Gasteiger partial charge in [-0.05, 0) is 52.9 Å².